The summed E-state index contributed by atoms with van der Waals surface area (Å²) in [4.78, 5) is 0. The molecule has 12 rings (SSSR count). The van der Waals surface area contributed by atoms with Gasteiger partial charge in [-0.1, -0.05) is 0 Å². The Morgan fingerprint density at radius 1 is 0.209 bits per heavy atom. The number of halogens is 4. The molecule has 86 heavy (non-hydrogen) atoms. The second-order valence-corrected chi connectivity index (χ2v) is 65.3. The minimum absolute atomic E-state index is 0. The molecule has 500 valence electrons. The molecule has 0 N–H and O–H groups in total. The summed E-state index contributed by atoms with van der Waals surface area (Å²) >= 11 is 38.6. The summed E-state index contributed by atoms with van der Waals surface area (Å²) in [6.45, 7) is 9.85. The van der Waals surface area contributed by atoms with Crippen LogP contribution < -0.4 is 0 Å². The molecule has 0 atom stereocenters. The van der Waals surface area contributed by atoms with Crippen LogP contribution in [0.25, 0.3) is 0 Å². The molecule has 0 aromatic rings. The molecular weight excluding hydrogens is 1380 g/mol. The number of hydrogen-bond donors (Lipinski definition) is 0. The maximum absolute atomic E-state index is 9.81. The van der Waals surface area contributed by atoms with Crippen LogP contribution in [0.4, 0.5) is 0 Å². The molecule has 0 unspecified atom stereocenters. The summed E-state index contributed by atoms with van der Waals surface area (Å²) in [6.07, 6.45) is 83.5. The van der Waals surface area contributed by atoms with Crippen molar-refractivity contribution < 1.29 is 39.0 Å². The van der Waals surface area contributed by atoms with Crippen molar-refractivity contribution in [3.8, 4) is 0 Å². The number of hydrogen-bond acceptors (Lipinski definition) is 0. The third-order valence-corrected chi connectivity index (χ3v) is 79.9. The predicted octanol–water partition coefficient (Wildman–Crippen LogP) is 29.0. The Kier molecular flexibility index (Phi) is 26.8. The van der Waals surface area contributed by atoms with E-state index in [2.05, 4.69) is 39.8 Å². The Hall–Kier alpha value is 3.61. The van der Waals surface area contributed by atoms with Crippen LogP contribution in [0, 0.1) is 0 Å². The van der Waals surface area contributed by atoms with Crippen molar-refractivity contribution in [2.24, 2.45) is 0 Å². The average Bonchev–Trinajstić information content (AvgIpc) is 0.808. The van der Waals surface area contributed by atoms with Crippen LogP contribution in [0.15, 0.2) is 23.3 Å². The van der Waals surface area contributed by atoms with E-state index in [0.29, 0.717) is 10.8 Å². The molecule has 10 heteroatoms. The monoisotopic (exact) mass is 1520 g/mol. The van der Waals surface area contributed by atoms with Crippen LogP contribution in [0.3, 0.4) is 0 Å². The van der Waals surface area contributed by atoms with Gasteiger partial charge in [-0.05, 0) is 0 Å². The van der Waals surface area contributed by atoms with Crippen LogP contribution in [-0.2, 0) is 39.0 Å². The molecule has 0 bridgehead atoms. The van der Waals surface area contributed by atoms with Crippen LogP contribution >= 0.6 is 68.8 Å². The summed E-state index contributed by atoms with van der Waals surface area (Å²) in [5.41, 5.74) is 12.6. The summed E-state index contributed by atoms with van der Waals surface area (Å²) < 4.78 is 0. The minimum Gasteiger partial charge on any atom is 2.00 e. The smallest absolute Gasteiger partial charge is 2.00 e. The number of allylic oxidation sites excluding steroid dienone is 4. The Morgan fingerprint density at radius 2 is 0.302 bits per heavy atom. The van der Waals surface area contributed by atoms with Gasteiger partial charge in [0.1, 0.15) is 0 Å². The van der Waals surface area contributed by atoms with Crippen LogP contribution in [0.2, 0.25) is 0 Å². The van der Waals surface area contributed by atoms with E-state index in [1.54, 1.807) is 11.1 Å². The fourth-order valence-electron chi connectivity index (χ4n) is 26.9. The summed E-state index contributed by atoms with van der Waals surface area (Å²) in [5, 5.41) is 1.11. The van der Waals surface area contributed by atoms with Gasteiger partial charge in [-0.3, -0.25) is 0 Å². The van der Waals surface area contributed by atoms with Gasteiger partial charge < -0.3 is 0 Å². The molecule has 0 spiro atoms. The van der Waals surface area contributed by atoms with Crippen molar-refractivity contribution >= 4 is 68.8 Å². The van der Waals surface area contributed by atoms with Crippen molar-refractivity contribution in [1.29, 1.82) is 0 Å². The standard InChI is InChI=1S/C41H74Cl2P2.C35H62Cl2P2.2Ru/c1-34(2)33-41(44(42,35-21-9-3-10-22-35,36-23-11-4-12-24-36)37-25-13-5-14-26-37)45(43,38-27-15-6-16-28-38,39-29-17-7-18-30-39)40-31-19-8-20-32-40;1-28(2)27-35(38(36,29-15-3-4-16-29,30-17-5-6-18-30)31-19-7-8-20-31)39(37,32-21-9-10-22-32,33-23-11-12-24-33)34-25-13-14-26-34;;/h33,35-41H,3-32H2,1-2H3;27,29-35H,3-26H2,1-2H3;;/q;;2*+2. The first-order valence-corrected chi connectivity index (χ1v) is 52.5. The Labute approximate surface area is 578 Å². The quantitative estimate of drug-likeness (QED) is 0.0729. The first-order chi connectivity index (χ1) is 40.7. The van der Waals surface area contributed by atoms with E-state index in [1.165, 1.54) is 347 Å². The summed E-state index contributed by atoms with van der Waals surface area (Å²) in [6, 6.07) is 0. The van der Waals surface area contributed by atoms with E-state index in [-0.39, 0.29) is 39.0 Å². The van der Waals surface area contributed by atoms with Gasteiger partial charge in [-0.25, -0.2) is 0 Å². The molecule has 0 radical (unpaired) electrons. The average molecular weight is 1520 g/mol. The molecule has 0 amide bonds. The molecule has 0 saturated heterocycles. The molecule has 0 nitrogen and oxygen atoms in total. The molecule has 12 saturated carbocycles. The molecule has 0 aromatic heterocycles. The Morgan fingerprint density at radius 3 is 0.395 bits per heavy atom. The maximum Gasteiger partial charge on any atom is 2.00 e. The fraction of sp³-hybridized carbons (Fsp3) is 0.947. The fourth-order valence-corrected chi connectivity index (χ4v) is 89.7. The van der Waals surface area contributed by atoms with Crippen molar-refractivity contribution in [1.82, 2.24) is 0 Å². The van der Waals surface area contributed by atoms with E-state index >= 15 is 0 Å². The Bertz CT molecular complexity index is 1840. The predicted molar refractivity (Wildman–Crippen MR) is 392 cm³/mol. The summed E-state index contributed by atoms with van der Waals surface area (Å²) in [7, 11) is 0. The van der Waals surface area contributed by atoms with Crippen molar-refractivity contribution in [2.75, 3.05) is 0 Å². The Balaban J connectivity index is 0.000000203. The van der Waals surface area contributed by atoms with Gasteiger partial charge in [-0.15, -0.1) is 0 Å². The van der Waals surface area contributed by atoms with E-state index < -0.39 is 23.8 Å². The zero-order valence-electron chi connectivity index (χ0n) is 56.4. The molecule has 12 fully saturated rings. The van der Waals surface area contributed by atoms with Crippen LogP contribution in [-0.4, -0.2) is 78.7 Å². The first-order valence-electron chi connectivity index (χ1n) is 38.8. The molecule has 0 heterocycles. The van der Waals surface area contributed by atoms with E-state index in [4.69, 9.17) is 0 Å². The second kappa shape index (κ2) is 31.2. The van der Waals surface area contributed by atoms with E-state index in [9.17, 15) is 45.0 Å². The third-order valence-electron chi connectivity index (χ3n) is 29.8. The molecular formula is C76H136Cl4P4Ru2+4. The molecule has 12 aliphatic rings. The van der Waals surface area contributed by atoms with Crippen molar-refractivity contribution in [3.05, 3.63) is 23.3 Å². The van der Waals surface area contributed by atoms with Crippen LogP contribution in [0.1, 0.15) is 374 Å². The van der Waals surface area contributed by atoms with Crippen molar-refractivity contribution in [2.45, 2.75) is 453 Å². The van der Waals surface area contributed by atoms with Gasteiger partial charge >= 0.3 is 584 Å². The van der Waals surface area contributed by atoms with E-state index in [1.807, 2.05) is 0 Å². The third kappa shape index (κ3) is 12.5. The molecule has 0 aliphatic heterocycles. The van der Waals surface area contributed by atoms with Gasteiger partial charge in [0, 0.05) is 0 Å². The minimum atomic E-state index is -2.97. The van der Waals surface area contributed by atoms with Gasteiger partial charge in [0.15, 0.2) is 0 Å². The molecule has 12 aliphatic carbocycles. The van der Waals surface area contributed by atoms with Gasteiger partial charge in [-0.2, -0.15) is 0 Å². The zero-order valence-corrected chi connectivity index (χ0v) is 66.5. The van der Waals surface area contributed by atoms with Gasteiger partial charge in [0.25, 0.3) is 0 Å². The van der Waals surface area contributed by atoms with Gasteiger partial charge in [0.05, 0.1) is 0 Å². The zero-order chi connectivity index (χ0) is 58.6. The summed E-state index contributed by atoms with van der Waals surface area (Å²) in [5.74, 6) is -11.6. The topological polar surface area (TPSA) is 0 Å². The SMILES string of the molecule is CC(C)=CC(P(Cl)(C1CCCC1)(C1CCCC1)C1CCCC1)P(Cl)(C1CCCC1)(C1CCCC1)C1CCCC1.CC(C)=CC(P(Cl)(C1CCCCC1)(C1CCCCC1)C1CCCCC1)P(Cl)(C1CCCCC1)(C1CCCCC1)C1CCCCC1.[Ru+2].[Ru+2]. The van der Waals surface area contributed by atoms with E-state index in [0.717, 1.165) is 67.9 Å². The second-order valence-electron chi connectivity index (χ2n) is 33.8. The van der Waals surface area contributed by atoms with Crippen LogP contribution in [0.5, 0.6) is 0 Å². The van der Waals surface area contributed by atoms with Gasteiger partial charge in [0.2, 0.25) is 0 Å². The van der Waals surface area contributed by atoms with Crippen molar-refractivity contribution in [3.63, 3.8) is 0 Å². The normalized spacial score (nSPS) is 29.4. The number of rotatable bonds is 18. The largest absolute Gasteiger partial charge is 2.00 e. The first kappa shape index (κ1) is 73.8. The molecule has 0 aromatic carbocycles. The maximum atomic E-state index is 9.81.